The lowest BCUT2D eigenvalue weighted by molar-refractivity contribution is -0.126. The van der Waals surface area contributed by atoms with Gasteiger partial charge in [0.2, 0.25) is 5.91 Å². The topological polar surface area (TPSA) is 50.4 Å². The SMILES string of the molecule is CC(Cc1ccc(F)c(Br)c1)NC(=O)C1COCCN1.Cl. The van der Waals surface area contributed by atoms with Crippen LogP contribution in [0.25, 0.3) is 0 Å². The fourth-order valence-electron chi connectivity index (χ4n) is 2.15. The number of benzene rings is 1. The van der Waals surface area contributed by atoms with Gasteiger partial charge in [0, 0.05) is 12.6 Å². The molecule has 2 unspecified atom stereocenters. The third-order valence-corrected chi connectivity index (χ3v) is 3.76. The molecule has 0 aliphatic carbocycles. The number of hydrogen-bond donors (Lipinski definition) is 2. The van der Waals surface area contributed by atoms with Crippen LogP contribution in [0.4, 0.5) is 4.39 Å². The maximum Gasteiger partial charge on any atom is 0.239 e. The van der Waals surface area contributed by atoms with Gasteiger partial charge in [-0.25, -0.2) is 4.39 Å². The molecule has 1 saturated heterocycles. The molecule has 1 fully saturated rings. The lowest BCUT2D eigenvalue weighted by Gasteiger charge is -2.24. The maximum absolute atomic E-state index is 13.2. The van der Waals surface area contributed by atoms with Gasteiger partial charge in [0.15, 0.2) is 0 Å². The van der Waals surface area contributed by atoms with Gasteiger partial charge >= 0.3 is 0 Å². The van der Waals surface area contributed by atoms with E-state index in [1.54, 1.807) is 12.1 Å². The van der Waals surface area contributed by atoms with Gasteiger partial charge in [-0.1, -0.05) is 6.07 Å². The molecule has 2 rings (SSSR count). The van der Waals surface area contributed by atoms with Crippen LogP contribution in [-0.2, 0) is 16.0 Å². The van der Waals surface area contributed by atoms with Crippen molar-refractivity contribution in [2.45, 2.75) is 25.4 Å². The van der Waals surface area contributed by atoms with E-state index in [0.29, 0.717) is 30.7 Å². The lowest BCUT2D eigenvalue weighted by Crippen LogP contribution is -2.53. The van der Waals surface area contributed by atoms with Crippen molar-refractivity contribution in [3.8, 4) is 0 Å². The summed E-state index contributed by atoms with van der Waals surface area (Å²) >= 11 is 3.16. The van der Waals surface area contributed by atoms with E-state index in [-0.39, 0.29) is 36.2 Å². The number of ether oxygens (including phenoxy) is 1. The smallest absolute Gasteiger partial charge is 0.239 e. The molecule has 1 aromatic rings. The van der Waals surface area contributed by atoms with Gasteiger partial charge in [0.05, 0.1) is 17.7 Å². The Balaban J connectivity index is 0.00000220. The minimum absolute atomic E-state index is 0. The molecule has 1 amide bonds. The normalized spacial score (nSPS) is 19.5. The molecule has 1 aromatic carbocycles. The van der Waals surface area contributed by atoms with E-state index in [9.17, 15) is 9.18 Å². The molecule has 0 spiro atoms. The Hall–Kier alpha value is -0.690. The molecule has 118 valence electrons. The number of amides is 1. The lowest BCUT2D eigenvalue weighted by atomic mass is 10.1. The van der Waals surface area contributed by atoms with Crippen molar-refractivity contribution in [3.63, 3.8) is 0 Å². The Morgan fingerprint density at radius 2 is 2.38 bits per heavy atom. The molecular formula is C14H19BrClFN2O2. The van der Waals surface area contributed by atoms with Crippen LogP contribution in [0.15, 0.2) is 22.7 Å². The van der Waals surface area contributed by atoms with Crippen LogP contribution in [0.3, 0.4) is 0 Å². The first-order chi connectivity index (χ1) is 9.56. The molecule has 1 aliphatic heterocycles. The second-order valence-electron chi connectivity index (χ2n) is 4.94. The Morgan fingerprint density at radius 1 is 1.62 bits per heavy atom. The van der Waals surface area contributed by atoms with Crippen LogP contribution in [-0.4, -0.2) is 37.7 Å². The molecule has 0 radical (unpaired) electrons. The summed E-state index contributed by atoms with van der Waals surface area (Å²) in [5.41, 5.74) is 0.971. The first-order valence-electron chi connectivity index (χ1n) is 6.61. The number of morpholine rings is 1. The zero-order valence-corrected chi connectivity index (χ0v) is 14.1. The van der Waals surface area contributed by atoms with Crippen molar-refractivity contribution in [1.82, 2.24) is 10.6 Å². The van der Waals surface area contributed by atoms with E-state index >= 15 is 0 Å². The summed E-state index contributed by atoms with van der Waals surface area (Å²) in [6.07, 6.45) is 0.651. The molecule has 1 aliphatic rings. The molecule has 2 atom stereocenters. The first-order valence-corrected chi connectivity index (χ1v) is 7.41. The van der Waals surface area contributed by atoms with Crippen LogP contribution in [0.5, 0.6) is 0 Å². The summed E-state index contributed by atoms with van der Waals surface area (Å²) in [6.45, 7) is 3.67. The highest BCUT2D eigenvalue weighted by molar-refractivity contribution is 9.10. The summed E-state index contributed by atoms with van der Waals surface area (Å²) < 4.78 is 18.9. The Morgan fingerprint density at radius 3 is 3.00 bits per heavy atom. The summed E-state index contributed by atoms with van der Waals surface area (Å²) in [6, 6.07) is 4.57. The number of halogens is 3. The van der Waals surface area contributed by atoms with Crippen LogP contribution in [0.1, 0.15) is 12.5 Å². The molecule has 21 heavy (non-hydrogen) atoms. The van der Waals surface area contributed by atoms with Gasteiger partial charge < -0.3 is 15.4 Å². The third kappa shape index (κ3) is 5.54. The summed E-state index contributed by atoms with van der Waals surface area (Å²) in [5, 5.41) is 6.05. The fraction of sp³-hybridized carbons (Fsp3) is 0.500. The predicted octanol–water partition coefficient (Wildman–Crippen LogP) is 2.05. The number of rotatable bonds is 4. The highest BCUT2D eigenvalue weighted by Crippen LogP contribution is 2.17. The van der Waals surface area contributed by atoms with Gasteiger partial charge in [-0.05, 0) is 47.0 Å². The Kier molecular flexibility index (Phi) is 7.59. The molecule has 0 bridgehead atoms. The van der Waals surface area contributed by atoms with Crippen LogP contribution < -0.4 is 10.6 Å². The number of carbonyl (C=O) groups excluding carboxylic acids is 1. The highest BCUT2D eigenvalue weighted by Gasteiger charge is 2.22. The highest BCUT2D eigenvalue weighted by atomic mass is 79.9. The van der Waals surface area contributed by atoms with E-state index in [0.717, 1.165) is 5.56 Å². The fourth-order valence-corrected chi connectivity index (χ4v) is 2.57. The van der Waals surface area contributed by atoms with Crippen molar-refractivity contribution in [2.75, 3.05) is 19.8 Å². The van der Waals surface area contributed by atoms with Gasteiger partial charge in [-0.3, -0.25) is 4.79 Å². The Bertz CT molecular complexity index is 484. The number of carbonyl (C=O) groups is 1. The molecule has 1 heterocycles. The van der Waals surface area contributed by atoms with E-state index in [2.05, 4.69) is 26.6 Å². The average molecular weight is 382 g/mol. The van der Waals surface area contributed by atoms with Gasteiger partial charge in [-0.15, -0.1) is 12.4 Å². The zero-order valence-electron chi connectivity index (χ0n) is 11.7. The van der Waals surface area contributed by atoms with Gasteiger partial charge in [-0.2, -0.15) is 0 Å². The zero-order chi connectivity index (χ0) is 14.5. The minimum Gasteiger partial charge on any atom is -0.378 e. The van der Waals surface area contributed by atoms with Crippen LogP contribution in [0.2, 0.25) is 0 Å². The largest absolute Gasteiger partial charge is 0.378 e. The second-order valence-corrected chi connectivity index (χ2v) is 5.80. The van der Waals surface area contributed by atoms with Crippen molar-refractivity contribution in [1.29, 1.82) is 0 Å². The number of nitrogens with one attached hydrogen (secondary N) is 2. The van der Waals surface area contributed by atoms with E-state index in [1.807, 2.05) is 6.92 Å². The summed E-state index contributed by atoms with van der Waals surface area (Å²) in [5.74, 6) is -0.340. The van der Waals surface area contributed by atoms with Crippen molar-refractivity contribution < 1.29 is 13.9 Å². The average Bonchev–Trinajstić information content (AvgIpc) is 2.44. The quantitative estimate of drug-likeness (QED) is 0.839. The van der Waals surface area contributed by atoms with Crippen molar-refractivity contribution in [2.24, 2.45) is 0 Å². The molecule has 2 N–H and O–H groups in total. The van der Waals surface area contributed by atoms with E-state index < -0.39 is 0 Å². The standard InChI is InChI=1S/C14H18BrFN2O2.ClH/c1-9(6-10-2-3-12(16)11(15)7-10)18-14(19)13-8-20-5-4-17-13;/h2-3,7,9,13,17H,4-6,8H2,1H3,(H,18,19);1H. The molecule has 7 heteroatoms. The van der Waals surface area contributed by atoms with Gasteiger partial charge in [0.1, 0.15) is 11.9 Å². The van der Waals surface area contributed by atoms with Crippen LogP contribution >= 0.6 is 28.3 Å². The van der Waals surface area contributed by atoms with E-state index in [4.69, 9.17) is 4.74 Å². The molecule has 0 saturated carbocycles. The molecule has 4 nitrogen and oxygen atoms in total. The van der Waals surface area contributed by atoms with Crippen molar-refractivity contribution in [3.05, 3.63) is 34.1 Å². The molecule has 0 aromatic heterocycles. The Labute approximate surface area is 138 Å². The monoisotopic (exact) mass is 380 g/mol. The maximum atomic E-state index is 13.2. The predicted molar refractivity (Wildman–Crippen MR) is 85.3 cm³/mol. The first kappa shape index (κ1) is 18.4. The second kappa shape index (κ2) is 8.68. The summed E-state index contributed by atoms with van der Waals surface area (Å²) in [4.78, 5) is 12.0. The van der Waals surface area contributed by atoms with Crippen molar-refractivity contribution >= 4 is 34.2 Å². The minimum atomic E-state index is -0.286. The van der Waals surface area contributed by atoms with E-state index in [1.165, 1.54) is 6.07 Å². The van der Waals surface area contributed by atoms with Gasteiger partial charge in [0.25, 0.3) is 0 Å². The summed E-state index contributed by atoms with van der Waals surface area (Å²) in [7, 11) is 0. The molecular weight excluding hydrogens is 363 g/mol. The van der Waals surface area contributed by atoms with Crippen LogP contribution in [0, 0.1) is 5.82 Å². The third-order valence-electron chi connectivity index (χ3n) is 3.15. The number of hydrogen-bond acceptors (Lipinski definition) is 3.